The number of nitrogen functional groups attached to an aromatic ring is 1. The van der Waals surface area contributed by atoms with E-state index in [2.05, 4.69) is 17.4 Å². The number of benzene rings is 1. The van der Waals surface area contributed by atoms with Gasteiger partial charge in [-0.2, -0.15) is 0 Å². The van der Waals surface area contributed by atoms with Crippen molar-refractivity contribution in [3.8, 4) is 0 Å². The van der Waals surface area contributed by atoms with Gasteiger partial charge in [-0.05, 0) is 79.7 Å². The van der Waals surface area contributed by atoms with Gasteiger partial charge in [0.2, 0.25) is 0 Å². The molecule has 0 saturated heterocycles. The topological polar surface area (TPSA) is 38.0 Å². The molecular weight excluding hydrogens is 316 g/mol. The van der Waals surface area contributed by atoms with E-state index in [0.29, 0.717) is 6.04 Å². The summed E-state index contributed by atoms with van der Waals surface area (Å²) in [6.07, 6.45) is 16.5. The van der Waals surface area contributed by atoms with E-state index in [1.54, 1.807) is 19.3 Å². The lowest BCUT2D eigenvalue weighted by molar-refractivity contribution is -0.00750. The molecule has 5 rings (SSSR count). The van der Waals surface area contributed by atoms with Crippen LogP contribution in [0.2, 0.25) is 0 Å². The van der Waals surface area contributed by atoms with E-state index in [1.165, 1.54) is 51.4 Å². The molecule has 142 valence electrons. The SMILES string of the molecule is Nc1ccccc1N[C@@H]1C[C@H]2CCC[C@@H](C1)[C@H]2C1CC2CCC[C@@H](C2)C1. The molecule has 7 atom stereocenters. The molecule has 4 aliphatic carbocycles. The van der Waals surface area contributed by atoms with Gasteiger partial charge in [-0.1, -0.05) is 50.7 Å². The van der Waals surface area contributed by atoms with Crippen molar-refractivity contribution in [3.05, 3.63) is 24.3 Å². The second kappa shape index (κ2) is 7.09. The van der Waals surface area contributed by atoms with Crippen molar-refractivity contribution in [3.63, 3.8) is 0 Å². The predicted octanol–water partition coefficient (Wildman–Crippen LogP) is 6.09. The maximum Gasteiger partial charge on any atom is 0.0576 e. The number of nitrogens with two attached hydrogens (primary N) is 1. The molecule has 0 aliphatic heterocycles. The highest BCUT2D eigenvalue weighted by Crippen LogP contribution is 2.54. The fraction of sp³-hybridized carbons (Fsp3) is 0.750. The quantitative estimate of drug-likeness (QED) is 0.646. The van der Waals surface area contributed by atoms with Gasteiger partial charge < -0.3 is 11.1 Å². The van der Waals surface area contributed by atoms with E-state index >= 15 is 0 Å². The highest BCUT2D eigenvalue weighted by Gasteiger charge is 2.46. The number of anilines is 2. The van der Waals surface area contributed by atoms with Gasteiger partial charge in [0.15, 0.2) is 0 Å². The Morgan fingerprint density at radius 2 is 1.38 bits per heavy atom. The van der Waals surface area contributed by atoms with Gasteiger partial charge in [-0.25, -0.2) is 0 Å². The zero-order valence-corrected chi connectivity index (χ0v) is 16.2. The molecule has 4 fully saturated rings. The van der Waals surface area contributed by atoms with Crippen LogP contribution in [0, 0.1) is 35.5 Å². The highest BCUT2D eigenvalue weighted by atomic mass is 14.9. The molecule has 3 N–H and O–H groups in total. The van der Waals surface area contributed by atoms with Crippen molar-refractivity contribution in [2.24, 2.45) is 35.5 Å². The van der Waals surface area contributed by atoms with Crippen LogP contribution >= 0.6 is 0 Å². The summed E-state index contributed by atoms with van der Waals surface area (Å²) in [7, 11) is 0. The summed E-state index contributed by atoms with van der Waals surface area (Å²) in [6.45, 7) is 0. The van der Waals surface area contributed by atoms with E-state index in [9.17, 15) is 0 Å². The zero-order chi connectivity index (χ0) is 17.5. The molecule has 1 aromatic rings. The monoisotopic (exact) mass is 352 g/mol. The fourth-order valence-electron chi connectivity index (χ4n) is 7.62. The number of fused-ring (bicyclic) bond motifs is 4. The third-order valence-electron chi connectivity index (χ3n) is 8.44. The molecule has 2 nitrogen and oxygen atoms in total. The van der Waals surface area contributed by atoms with Crippen LogP contribution in [0.4, 0.5) is 11.4 Å². The van der Waals surface area contributed by atoms with Crippen LogP contribution in [0.1, 0.15) is 70.6 Å². The van der Waals surface area contributed by atoms with Crippen LogP contribution in [-0.2, 0) is 0 Å². The van der Waals surface area contributed by atoms with Crippen molar-refractivity contribution in [2.75, 3.05) is 11.1 Å². The van der Waals surface area contributed by atoms with Crippen LogP contribution < -0.4 is 11.1 Å². The Bertz CT molecular complexity index is 600. The van der Waals surface area contributed by atoms with Gasteiger partial charge in [-0.15, -0.1) is 0 Å². The maximum atomic E-state index is 6.19. The van der Waals surface area contributed by atoms with Crippen molar-refractivity contribution >= 4 is 11.4 Å². The van der Waals surface area contributed by atoms with Crippen LogP contribution in [0.15, 0.2) is 24.3 Å². The summed E-state index contributed by atoms with van der Waals surface area (Å²) in [6, 6.07) is 8.95. The normalized spacial score (nSPS) is 42.2. The standard InChI is InChI=1S/C24H36N2/c25-22-9-1-2-10-23(22)26-21-14-18-7-4-8-19(15-21)24(18)20-12-16-5-3-6-17(11-16)13-20/h1-2,9-10,16-21,24,26H,3-8,11-15,25H2/t16-,17?,18-,19+,20?,21-,24+/m0/s1. The molecule has 4 saturated carbocycles. The first-order valence-corrected chi connectivity index (χ1v) is 11.4. The van der Waals surface area contributed by atoms with E-state index < -0.39 is 0 Å². The number of hydrogen-bond acceptors (Lipinski definition) is 2. The second-order valence-electron chi connectivity index (χ2n) is 10.1. The summed E-state index contributed by atoms with van der Waals surface area (Å²) >= 11 is 0. The summed E-state index contributed by atoms with van der Waals surface area (Å²) in [5.74, 6) is 6.18. The molecule has 26 heavy (non-hydrogen) atoms. The van der Waals surface area contributed by atoms with Gasteiger partial charge in [0.25, 0.3) is 0 Å². The van der Waals surface area contributed by atoms with Gasteiger partial charge in [0.05, 0.1) is 11.4 Å². The van der Waals surface area contributed by atoms with Gasteiger partial charge >= 0.3 is 0 Å². The lowest BCUT2D eigenvalue weighted by Crippen LogP contribution is -2.46. The van der Waals surface area contributed by atoms with Gasteiger partial charge in [0.1, 0.15) is 0 Å². The molecule has 1 aromatic carbocycles. The Kier molecular flexibility index (Phi) is 4.63. The number of nitrogens with one attached hydrogen (secondary N) is 1. The lowest BCUT2D eigenvalue weighted by Gasteiger charge is -2.52. The average Bonchev–Trinajstić information content (AvgIpc) is 2.62. The zero-order valence-electron chi connectivity index (χ0n) is 16.2. The van der Waals surface area contributed by atoms with E-state index in [4.69, 9.17) is 5.73 Å². The fourth-order valence-corrected chi connectivity index (χ4v) is 7.62. The third kappa shape index (κ3) is 3.25. The maximum absolute atomic E-state index is 6.19. The lowest BCUT2D eigenvalue weighted by atomic mass is 9.54. The largest absolute Gasteiger partial charge is 0.397 e. The average molecular weight is 353 g/mol. The summed E-state index contributed by atoms with van der Waals surface area (Å²) in [4.78, 5) is 0. The van der Waals surface area contributed by atoms with Crippen LogP contribution in [0.3, 0.4) is 0 Å². The Morgan fingerprint density at radius 1 is 0.731 bits per heavy atom. The Morgan fingerprint density at radius 3 is 2.08 bits per heavy atom. The van der Waals surface area contributed by atoms with E-state index in [1.807, 2.05) is 12.1 Å². The van der Waals surface area contributed by atoms with Crippen molar-refractivity contribution in [1.29, 1.82) is 0 Å². The Balaban J connectivity index is 1.29. The molecule has 2 heteroatoms. The molecule has 2 unspecified atom stereocenters. The molecule has 0 radical (unpaired) electrons. The van der Waals surface area contributed by atoms with Crippen molar-refractivity contribution < 1.29 is 0 Å². The van der Waals surface area contributed by atoms with Crippen LogP contribution in [-0.4, -0.2) is 6.04 Å². The second-order valence-corrected chi connectivity index (χ2v) is 10.1. The smallest absolute Gasteiger partial charge is 0.0576 e. The molecule has 4 bridgehead atoms. The number of rotatable bonds is 3. The van der Waals surface area contributed by atoms with E-state index in [-0.39, 0.29) is 0 Å². The van der Waals surface area contributed by atoms with Gasteiger partial charge in [0, 0.05) is 6.04 Å². The summed E-state index contributed by atoms with van der Waals surface area (Å²) < 4.78 is 0. The first kappa shape index (κ1) is 17.0. The first-order valence-electron chi connectivity index (χ1n) is 11.4. The van der Waals surface area contributed by atoms with Gasteiger partial charge in [-0.3, -0.25) is 0 Å². The minimum Gasteiger partial charge on any atom is -0.397 e. The number of para-hydroxylation sites is 2. The number of hydrogen-bond donors (Lipinski definition) is 2. The molecule has 0 heterocycles. The van der Waals surface area contributed by atoms with Crippen LogP contribution in [0.5, 0.6) is 0 Å². The molecule has 0 aromatic heterocycles. The Hall–Kier alpha value is -1.18. The van der Waals surface area contributed by atoms with Crippen molar-refractivity contribution in [2.45, 2.75) is 76.7 Å². The minimum atomic E-state index is 0.634. The van der Waals surface area contributed by atoms with Crippen LogP contribution in [0.25, 0.3) is 0 Å². The Labute approximate surface area is 159 Å². The third-order valence-corrected chi connectivity index (χ3v) is 8.44. The molecule has 0 spiro atoms. The molecular formula is C24H36N2. The summed E-state index contributed by atoms with van der Waals surface area (Å²) in [5.41, 5.74) is 8.24. The molecule has 0 amide bonds. The summed E-state index contributed by atoms with van der Waals surface area (Å²) in [5, 5.41) is 3.82. The predicted molar refractivity (Wildman–Crippen MR) is 110 cm³/mol. The minimum absolute atomic E-state index is 0.634. The first-order chi connectivity index (χ1) is 12.8. The van der Waals surface area contributed by atoms with Crippen molar-refractivity contribution in [1.82, 2.24) is 0 Å². The highest BCUT2D eigenvalue weighted by molar-refractivity contribution is 5.66. The van der Waals surface area contributed by atoms with E-state index in [0.717, 1.165) is 46.9 Å². The molecule has 4 aliphatic rings.